The number of carbonyl (C=O) groups excluding carboxylic acids is 3. The van der Waals surface area contributed by atoms with E-state index in [2.05, 4.69) is 66.7 Å². The third-order valence-electron chi connectivity index (χ3n) is 10.4. The number of methoxy groups -OCH3 is 1. The molecule has 7 aromatic rings. The van der Waals surface area contributed by atoms with E-state index in [-0.39, 0.29) is 11.6 Å². The Morgan fingerprint density at radius 2 is 0.889 bits per heavy atom. The predicted octanol–water partition coefficient (Wildman–Crippen LogP) is 11.0. The molecule has 0 bridgehead atoms. The molecule has 0 N–H and O–H groups in total. The fraction of sp³-hybridized carbons (Fsp3) is 0.0816. The van der Waals surface area contributed by atoms with Gasteiger partial charge in [0, 0.05) is 22.3 Å². The molecule has 0 unspecified atom stereocenters. The van der Waals surface area contributed by atoms with Crippen LogP contribution in [0.5, 0.6) is 11.5 Å². The van der Waals surface area contributed by atoms with E-state index in [1.54, 1.807) is 57.4 Å². The molecule has 0 saturated heterocycles. The molecule has 5 nitrogen and oxygen atoms in total. The molecule has 1 aliphatic carbocycles. The van der Waals surface area contributed by atoms with Gasteiger partial charge in [0.1, 0.15) is 11.5 Å². The first kappa shape index (κ1) is 34.2. The van der Waals surface area contributed by atoms with Crippen molar-refractivity contribution in [3.8, 4) is 44.9 Å². The molecule has 5 heteroatoms. The van der Waals surface area contributed by atoms with Crippen LogP contribution in [0.15, 0.2) is 164 Å². The minimum atomic E-state index is -0.802. The van der Waals surface area contributed by atoms with Gasteiger partial charge in [0.05, 0.1) is 18.1 Å². The highest BCUT2D eigenvalue weighted by molar-refractivity contribution is 5.96. The van der Waals surface area contributed by atoms with Gasteiger partial charge < -0.3 is 9.47 Å². The molecule has 0 spiro atoms. The van der Waals surface area contributed by atoms with Crippen LogP contribution in [-0.2, 0) is 5.41 Å². The van der Waals surface area contributed by atoms with Crippen LogP contribution in [0.2, 0.25) is 0 Å². The highest BCUT2D eigenvalue weighted by atomic mass is 16.5. The summed E-state index contributed by atoms with van der Waals surface area (Å²) >= 11 is 0. The van der Waals surface area contributed by atoms with E-state index in [0.29, 0.717) is 33.8 Å². The number of rotatable bonds is 9. The van der Waals surface area contributed by atoms with Crippen molar-refractivity contribution in [1.82, 2.24) is 0 Å². The lowest BCUT2D eigenvalue weighted by Gasteiger charge is -2.35. The van der Waals surface area contributed by atoms with Crippen LogP contribution >= 0.6 is 0 Å². The van der Waals surface area contributed by atoms with Gasteiger partial charge in [0.15, 0.2) is 11.6 Å². The van der Waals surface area contributed by atoms with E-state index in [0.717, 1.165) is 50.1 Å². The van der Waals surface area contributed by atoms with Gasteiger partial charge in [-0.05, 0) is 94.8 Å². The average Bonchev–Trinajstić information content (AvgIpc) is 3.52. The Morgan fingerprint density at radius 3 is 1.37 bits per heavy atom. The van der Waals surface area contributed by atoms with E-state index in [1.165, 1.54) is 0 Å². The minimum Gasteiger partial charge on any atom is -0.496 e. The number of hydrogen-bond acceptors (Lipinski definition) is 5. The van der Waals surface area contributed by atoms with Gasteiger partial charge in [-0.3, -0.25) is 9.59 Å². The zero-order valence-electron chi connectivity index (χ0n) is 30.1. The summed E-state index contributed by atoms with van der Waals surface area (Å²) in [6.07, 6.45) is 0. The first-order valence-corrected chi connectivity index (χ1v) is 17.8. The molecule has 0 amide bonds. The van der Waals surface area contributed by atoms with Crippen LogP contribution in [0, 0.1) is 0 Å². The first-order chi connectivity index (χ1) is 26.3. The molecule has 0 radical (unpaired) electrons. The molecule has 0 heterocycles. The van der Waals surface area contributed by atoms with Crippen molar-refractivity contribution in [1.29, 1.82) is 0 Å². The normalized spacial score (nSPS) is 12.4. The summed E-state index contributed by atoms with van der Waals surface area (Å²) in [7, 11) is 1.66. The predicted molar refractivity (Wildman–Crippen MR) is 213 cm³/mol. The van der Waals surface area contributed by atoms with Gasteiger partial charge >= 0.3 is 5.97 Å². The molecule has 54 heavy (non-hydrogen) atoms. The van der Waals surface area contributed by atoms with E-state index in [9.17, 15) is 14.4 Å². The van der Waals surface area contributed by atoms with E-state index in [4.69, 9.17) is 9.47 Å². The lowest BCUT2D eigenvalue weighted by Crippen LogP contribution is -2.29. The Hall–Kier alpha value is -6.85. The molecule has 1 aliphatic rings. The Balaban J connectivity index is 1.40. The summed E-state index contributed by atoms with van der Waals surface area (Å²) in [5.41, 5.74) is 10.6. The standard InChI is InChI=1S/C49H36O5/c1-31(50)33-17-21-35(22-18-33)42-29-38(25-27-46(42)53-3)49(44-15-9-7-13-40(44)41-14-8-10-16-45(41)49)39-26-28-47(54-48(52)37-11-5-4-6-12-37)43(30-39)36-23-19-34(20-24-36)32(2)51/h4-30H,1-3H3. The molecule has 0 aromatic heterocycles. The number of esters is 1. The van der Waals surface area contributed by atoms with E-state index < -0.39 is 11.4 Å². The van der Waals surface area contributed by atoms with Crippen molar-refractivity contribution in [2.75, 3.05) is 7.11 Å². The topological polar surface area (TPSA) is 69.7 Å². The quantitative estimate of drug-likeness (QED) is 0.0850. The van der Waals surface area contributed by atoms with Gasteiger partial charge in [0.2, 0.25) is 0 Å². The molecule has 8 rings (SSSR count). The highest BCUT2D eigenvalue weighted by Gasteiger charge is 2.46. The lowest BCUT2D eigenvalue weighted by molar-refractivity contribution is 0.0735. The number of carbonyl (C=O) groups is 3. The maximum absolute atomic E-state index is 13.5. The Morgan fingerprint density at radius 1 is 0.444 bits per heavy atom. The molecule has 0 fully saturated rings. The number of ketones is 2. The summed E-state index contributed by atoms with van der Waals surface area (Å²) in [5.74, 6) is 0.615. The first-order valence-electron chi connectivity index (χ1n) is 17.8. The second kappa shape index (κ2) is 13.9. The lowest BCUT2D eigenvalue weighted by atomic mass is 9.67. The SMILES string of the molecule is COc1ccc(C2(c3ccc(OC(=O)c4ccccc4)c(-c4ccc(C(C)=O)cc4)c3)c3ccccc3-c3ccccc32)cc1-c1ccc(C(C)=O)cc1. The van der Waals surface area contributed by atoms with Gasteiger partial charge in [-0.25, -0.2) is 4.79 Å². The molecule has 0 aliphatic heterocycles. The Bertz CT molecular complexity index is 2520. The minimum absolute atomic E-state index is 0.00465. The third kappa shape index (κ3) is 5.80. The summed E-state index contributed by atoms with van der Waals surface area (Å²) in [4.78, 5) is 37.9. The van der Waals surface area contributed by atoms with Crippen LogP contribution in [-0.4, -0.2) is 24.6 Å². The third-order valence-corrected chi connectivity index (χ3v) is 10.4. The van der Waals surface area contributed by atoms with Crippen molar-refractivity contribution in [3.05, 3.63) is 203 Å². The molecule has 0 atom stereocenters. The second-order valence-electron chi connectivity index (χ2n) is 13.5. The maximum atomic E-state index is 13.5. The van der Waals surface area contributed by atoms with E-state index in [1.807, 2.05) is 60.7 Å². The monoisotopic (exact) mass is 704 g/mol. The molecular formula is C49H36O5. The Kier molecular flexibility index (Phi) is 8.84. The zero-order valence-corrected chi connectivity index (χ0v) is 30.1. The van der Waals surface area contributed by atoms with Gasteiger partial charge in [-0.2, -0.15) is 0 Å². The van der Waals surface area contributed by atoms with Gasteiger partial charge in [0.25, 0.3) is 0 Å². The number of fused-ring (bicyclic) bond motifs is 3. The largest absolute Gasteiger partial charge is 0.496 e. The van der Waals surface area contributed by atoms with Crippen molar-refractivity contribution >= 4 is 17.5 Å². The molecule has 0 saturated carbocycles. The maximum Gasteiger partial charge on any atom is 0.343 e. The molecular weight excluding hydrogens is 669 g/mol. The summed E-state index contributed by atoms with van der Waals surface area (Å²) in [6, 6.07) is 53.3. The van der Waals surface area contributed by atoms with E-state index >= 15 is 0 Å². The number of hydrogen-bond donors (Lipinski definition) is 0. The zero-order chi connectivity index (χ0) is 37.4. The van der Waals surface area contributed by atoms with Crippen LogP contribution < -0.4 is 9.47 Å². The average molecular weight is 705 g/mol. The summed E-state index contributed by atoms with van der Waals surface area (Å²) in [6.45, 7) is 3.11. The number of ether oxygens (including phenoxy) is 2. The van der Waals surface area contributed by atoms with Crippen LogP contribution in [0.3, 0.4) is 0 Å². The van der Waals surface area contributed by atoms with Crippen molar-refractivity contribution in [2.45, 2.75) is 19.3 Å². The van der Waals surface area contributed by atoms with Crippen molar-refractivity contribution in [2.24, 2.45) is 0 Å². The number of Topliss-reactive ketones (excluding diaryl/α,β-unsaturated/α-hetero) is 2. The van der Waals surface area contributed by atoms with Gasteiger partial charge in [-0.1, -0.05) is 127 Å². The van der Waals surface area contributed by atoms with Crippen molar-refractivity contribution < 1.29 is 23.9 Å². The highest BCUT2D eigenvalue weighted by Crippen LogP contribution is 2.57. The Labute approximate surface area is 314 Å². The van der Waals surface area contributed by atoms with Crippen LogP contribution in [0.1, 0.15) is 67.2 Å². The van der Waals surface area contributed by atoms with Crippen LogP contribution in [0.25, 0.3) is 33.4 Å². The van der Waals surface area contributed by atoms with Gasteiger partial charge in [-0.15, -0.1) is 0 Å². The van der Waals surface area contributed by atoms with Crippen LogP contribution in [0.4, 0.5) is 0 Å². The number of benzene rings is 7. The summed E-state index contributed by atoms with van der Waals surface area (Å²) in [5, 5.41) is 0. The fourth-order valence-electron chi connectivity index (χ4n) is 7.77. The smallest absolute Gasteiger partial charge is 0.343 e. The second-order valence-corrected chi connectivity index (χ2v) is 13.5. The molecule has 262 valence electrons. The summed E-state index contributed by atoms with van der Waals surface area (Å²) < 4.78 is 12.1. The molecule has 7 aromatic carbocycles. The fourth-order valence-corrected chi connectivity index (χ4v) is 7.77. The van der Waals surface area contributed by atoms with Crippen molar-refractivity contribution in [3.63, 3.8) is 0 Å².